The van der Waals surface area contributed by atoms with E-state index in [1.54, 1.807) is 23.5 Å². The van der Waals surface area contributed by atoms with Gasteiger partial charge < -0.3 is 0 Å². The van der Waals surface area contributed by atoms with Gasteiger partial charge in [-0.25, -0.2) is 4.39 Å². The van der Waals surface area contributed by atoms with Crippen LogP contribution >= 0.6 is 11.3 Å². The van der Waals surface area contributed by atoms with E-state index in [1.807, 2.05) is 0 Å². The summed E-state index contributed by atoms with van der Waals surface area (Å²) in [7, 11) is 0. The van der Waals surface area contributed by atoms with E-state index in [2.05, 4.69) is 6.07 Å². The van der Waals surface area contributed by atoms with Gasteiger partial charge in [0.15, 0.2) is 5.78 Å². The number of carbonyl (C=O) groups excluding carboxylic acids is 1. The summed E-state index contributed by atoms with van der Waals surface area (Å²) in [4.78, 5) is 14.5. The van der Waals surface area contributed by atoms with Crippen LogP contribution in [0.4, 0.5) is 4.39 Å². The molecule has 1 aliphatic rings. The summed E-state index contributed by atoms with van der Waals surface area (Å²) in [5.74, 6) is -0.117. The van der Waals surface area contributed by atoms with Crippen LogP contribution in [0.15, 0.2) is 30.3 Å². The molecule has 0 aliphatic heterocycles. The molecule has 2 aromatic rings. The zero-order chi connectivity index (χ0) is 13.2. The normalized spacial score (nSPS) is 14.2. The molecule has 0 atom stereocenters. The molecule has 3 rings (SSSR count). The molecule has 1 aliphatic carbocycles. The minimum atomic E-state index is -0.261. The Bertz CT molecular complexity index is 574. The lowest BCUT2D eigenvalue weighted by Crippen LogP contribution is -2.01. The fourth-order valence-electron chi connectivity index (χ4n) is 2.50. The van der Waals surface area contributed by atoms with E-state index < -0.39 is 0 Å². The topological polar surface area (TPSA) is 17.1 Å². The largest absolute Gasteiger partial charge is 0.293 e. The minimum Gasteiger partial charge on any atom is -0.293 e. The molecule has 0 N–H and O–H groups in total. The molecule has 1 aromatic carbocycles. The fourth-order valence-corrected chi connectivity index (χ4v) is 3.69. The van der Waals surface area contributed by atoms with Crippen molar-refractivity contribution in [3.63, 3.8) is 0 Å². The van der Waals surface area contributed by atoms with Gasteiger partial charge >= 0.3 is 0 Å². The maximum atomic E-state index is 12.8. The van der Waals surface area contributed by atoms with Crippen LogP contribution in [0.1, 0.15) is 38.5 Å². The number of fused-ring (bicyclic) bond motifs is 1. The van der Waals surface area contributed by atoms with E-state index in [4.69, 9.17) is 0 Å². The first-order valence-electron chi connectivity index (χ1n) is 6.61. The van der Waals surface area contributed by atoms with E-state index in [0.29, 0.717) is 6.42 Å². The van der Waals surface area contributed by atoms with Crippen LogP contribution in [-0.2, 0) is 19.3 Å². The van der Waals surface area contributed by atoms with Gasteiger partial charge in [-0.2, -0.15) is 0 Å². The molecule has 0 fully saturated rings. The molecule has 0 spiro atoms. The Labute approximate surface area is 116 Å². The van der Waals surface area contributed by atoms with Crippen LogP contribution in [0.5, 0.6) is 0 Å². The molecule has 0 bridgehead atoms. The molecule has 98 valence electrons. The Hall–Kier alpha value is -1.48. The summed E-state index contributed by atoms with van der Waals surface area (Å²) < 4.78 is 12.8. The number of benzene rings is 1. The highest BCUT2D eigenvalue weighted by Crippen LogP contribution is 2.30. The van der Waals surface area contributed by atoms with Crippen molar-refractivity contribution in [3.05, 3.63) is 57.0 Å². The van der Waals surface area contributed by atoms with Crippen LogP contribution < -0.4 is 0 Å². The zero-order valence-electron chi connectivity index (χ0n) is 10.6. The Kier molecular flexibility index (Phi) is 3.47. The molecular formula is C16H15FOS. The van der Waals surface area contributed by atoms with Gasteiger partial charge in [-0.1, -0.05) is 12.1 Å². The van der Waals surface area contributed by atoms with Gasteiger partial charge in [0.05, 0.1) is 4.88 Å². The van der Waals surface area contributed by atoms with Crippen LogP contribution in [0.3, 0.4) is 0 Å². The summed E-state index contributed by atoms with van der Waals surface area (Å²) in [6, 6.07) is 8.23. The molecule has 3 heteroatoms. The lowest BCUT2D eigenvalue weighted by molar-refractivity contribution is 0.0996. The third-order valence-corrected chi connectivity index (χ3v) is 4.83. The molecular weight excluding hydrogens is 259 g/mol. The zero-order valence-corrected chi connectivity index (χ0v) is 11.4. The van der Waals surface area contributed by atoms with Crippen molar-refractivity contribution in [2.75, 3.05) is 0 Å². The second-order valence-corrected chi connectivity index (χ2v) is 6.13. The maximum Gasteiger partial charge on any atom is 0.177 e. The van der Waals surface area contributed by atoms with E-state index in [-0.39, 0.29) is 11.6 Å². The van der Waals surface area contributed by atoms with Crippen LogP contribution in [0, 0.1) is 5.82 Å². The van der Waals surface area contributed by atoms with Gasteiger partial charge in [-0.05, 0) is 55.0 Å². The number of ketones is 1. The van der Waals surface area contributed by atoms with Crippen molar-refractivity contribution in [3.8, 4) is 0 Å². The molecule has 0 saturated heterocycles. The molecule has 0 unspecified atom stereocenters. The van der Waals surface area contributed by atoms with Gasteiger partial charge in [0.2, 0.25) is 0 Å². The van der Waals surface area contributed by atoms with Gasteiger partial charge in [-0.3, -0.25) is 4.79 Å². The van der Waals surface area contributed by atoms with E-state index in [1.165, 1.54) is 35.4 Å². The van der Waals surface area contributed by atoms with Crippen LogP contribution in [-0.4, -0.2) is 5.78 Å². The molecule has 0 radical (unpaired) electrons. The first-order valence-corrected chi connectivity index (χ1v) is 7.43. The second kappa shape index (κ2) is 5.25. The Morgan fingerprint density at radius 3 is 2.63 bits per heavy atom. The molecule has 19 heavy (non-hydrogen) atoms. The monoisotopic (exact) mass is 274 g/mol. The summed E-state index contributed by atoms with van der Waals surface area (Å²) in [6.07, 6.45) is 5.05. The number of halogens is 1. The number of hydrogen-bond acceptors (Lipinski definition) is 2. The van der Waals surface area contributed by atoms with Gasteiger partial charge in [0.1, 0.15) is 5.82 Å². The van der Waals surface area contributed by atoms with Crippen molar-refractivity contribution < 1.29 is 9.18 Å². The predicted molar refractivity (Wildman–Crippen MR) is 75.4 cm³/mol. The first-order chi connectivity index (χ1) is 9.22. The number of Topliss-reactive ketones (excluding diaryl/α,β-unsaturated/α-hetero) is 1. The summed E-state index contributed by atoms with van der Waals surface area (Å²) in [5, 5.41) is 0. The summed E-state index contributed by atoms with van der Waals surface area (Å²) in [5.41, 5.74) is 2.23. The third kappa shape index (κ3) is 2.76. The van der Waals surface area contributed by atoms with Gasteiger partial charge in [0.25, 0.3) is 0 Å². The highest BCUT2D eigenvalue weighted by atomic mass is 32.1. The van der Waals surface area contributed by atoms with Crippen LogP contribution in [0.2, 0.25) is 0 Å². The number of aryl methyl sites for hydroxylation is 2. The quantitative estimate of drug-likeness (QED) is 0.767. The maximum absolute atomic E-state index is 12.8. The van der Waals surface area contributed by atoms with E-state index >= 15 is 0 Å². The summed E-state index contributed by atoms with van der Waals surface area (Å²) >= 11 is 1.64. The Morgan fingerprint density at radius 1 is 1.16 bits per heavy atom. The lowest BCUT2D eigenvalue weighted by atomic mass is 9.98. The van der Waals surface area contributed by atoms with Gasteiger partial charge in [0, 0.05) is 11.3 Å². The number of carbonyl (C=O) groups is 1. The highest BCUT2D eigenvalue weighted by molar-refractivity contribution is 7.14. The van der Waals surface area contributed by atoms with Gasteiger partial charge in [-0.15, -0.1) is 11.3 Å². The standard InChI is InChI=1S/C16H15FOS/c17-13-7-5-11(6-8-13)9-14(18)16-10-12-3-1-2-4-15(12)19-16/h5-8,10H,1-4,9H2. The first kappa shape index (κ1) is 12.5. The summed E-state index contributed by atoms with van der Waals surface area (Å²) in [6.45, 7) is 0. The van der Waals surface area contributed by atoms with Crippen molar-refractivity contribution in [1.29, 1.82) is 0 Å². The number of thiophene rings is 1. The highest BCUT2D eigenvalue weighted by Gasteiger charge is 2.17. The second-order valence-electron chi connectivity index (χ2n) is 4.99. The van der Waals surface area contributed by atoms with Crippen molar-refractivity contribution in [1.82, 2.24) is 0 Å². The Balaban J connectivity index is 1.76. The molecule has 0 saturated carbocycles. The fraction of sp³-hybridized carbons (Fsp3) is 0.312. The molecule has 0 amide bonds. The van der Waals surface area contributed by atoms with Crippen molar-refractivity contribution in [2.45, 2.75) is 32.1 Å². The van der Waals surface area contributed by atoms with Crippen molar-refractivity contribution >= 4 is 17.1 Å². The van der Waals surface area contributed by atoms with E-state index in [9.17, 15) is 9.18 Å². The third-order valence-electron chi connectivity index (χ3n) is 3.55. The Morgan fingerprint density at radius 2 is 1.89 bits per heavy atom. The van der Waals surface area contributed by atoms with E-state index in [0.717, 1.165) is 23.3 Å². The number of rotatable bonds is 3. The smallest absolute Gasteiger partial charge is 0.177 e. The molecule has 1 aromatic heterocycles. The number of hydrogen-bond donors (Lipinski definition) is 0. The average molecular weight is 274 g/mol. The molecule has 1 heterocycles. The minimum absolute atomic E-state index is 0.144. The lowest BCUT2D eigenvalue weighted by Gasteiger charge is -2.08. The SMILES string of the molecule is O=C(Cc1ccc(F)cc1)c1cc2c(s1)CCCC2. The van der Waals surface area contributed by atoms with Crippen molar-refractivity contribution in [2.24, 2.45) is 0 Å². The van der Waals surface area contributed by atoms with Crippen LogP contribution in [0.25, 0.3) is 0 Å². The predicted octanol–water partition coefficient (Wildman–Crippen LogP) is 4.19. The molecule has 1 nitrogen and oxygen atoms in total. The average Bonchev–Trinajstić information content (AvgIpc) is 2.85.